The molecule has 186 valence electrons. The second kappa shape index (κ2) is 10.5. The van der Waals surface area contributed by atoms with E-state index in [9.17, 15) is 4.79 Å². The summed E-state index contributed by atoms with van der Waals surface area (Å²) in [6.07, 6.45) is 2.63. The highest BCUT2D eigenvalue weighted by Crippen LogP contribution is 2.29. The van der Waals surface area contributed by atoms with Gasteiger partial charge in [0.1, 0.15) is 17.3 Å². The van der Waals surface area contributed by atoms with E-state index in [1.165, 1.54) is 0 Å². The van der Waals surface area contributed by atoms with E-state index in [1.807, 2.05) is 43.3 Å². The maximum Gasteiger partial charge on any atom is 0.223 e. The lowest BCUT2D eigenvalue weighted by molar-refractivity contribution is -0.127. The van der Waals surface area contributed by atoms with Crippen LogP contribution >= 0.6 is 11.6 Å². The number of nitrogens with one attached hydrogen (secondary N) is 1. The molecule has 2 aromatic heterocycles. The molecule has 4 heterocycles. The summed E-state index contributed by atoms with van der Waals surface area (Å²) in [5.41, 5.74) is 0.906. The van der Waals surface area contributed by atoms with E-state index in [4.69, 9.17) is 16.0 Å². The average Bonchev–Trinajstić information content (AvgIpc) is 3.43. The summed E-state index contributed by atoms with van der Waals surface area (Å²) in [5, 5.41) is 12.8. The summed E-state index contributed by atoms with van der Waals surface area (Å²) in [7, 11) is 2.11. The molecule has 2 aliphatic heterocycles. The molecule has 9 heteroatoms. The number of halogens is 1. The molecule has 8 nitrogen and oxygen atoms in total. The molecule has 1 saturated heterocycles. The van der Waals surface area contributed by atoms with Crippen molar-refractivity contribution in [3.63, 3.8) is 0 Å². The predicted octanol–water partition coefficient (Wildman–Crippen LogP) is 3.77. The zero-order chi connectivity index (χ0) is 24.4. The second-order valence-electron chi connectivity index (χ2n) is 9.71. The fourth-order valence-electron chi connectivity index (χ4n) is 5.02. The average molecular weight is 497 g/mol. The van der Waals surface area contributed by atoms with Crippen molar-refractivity contribution in [2.45, 2.75) is 45.3 Å². The first-order valence-electron chi connectivity index (χ1n) is 12.4. The molecule has 1 unspecified atom stereocenters. The van der Waals surface area contributed by atoms with Crippen molar-refractivity contribution < 1.29 is 9.21 Å². The number of hydrogen-bond acceptors (Lipinski definition) is 6. The zero-order valence-electron chi connectivity index (χ0n) is 20.4. The molecule has 3 aromatic rings. The lowest BCUT2D eigenvalue weighted by Crippen LogP contribution is -2.40. The topological polar surface area (TPSA) is 79.4 Å². The van der Waals surface area contributed by atoms with Crippen molar-refractivity contribution in [1.82, 2.24) is 29.9 Å². The number of aromatic nitrogens is 3. The minimum Gasteiger partial charge on any atom is -0.460 e. The Bertz CT molecular complexity index is 1170. The Morgan fingerprint density at radius 3 is 2.71 bits per heavy atom. The molecule has 1 atom stereocenters. The van der Waals surface area contributed by atoms with E-state index in [0.29, 0.717) is 5.02 Å². The van der Waals surface area contributed by atoms with Gasteiger partial charge in [0.05, 0.1) is 17.6 Å². The third kappa shape index (κ3) is 5.44. The summed E-state index contributed by atoms with van der Waals surface area (Å²) >= 11 is 6.33. The minimum absolute atomic E-state index is 0.0830. The number of amides is 1. The van der Waals surface area contributed by atoms with Gasteiger partial charge in [0, 0.05) is 37.5 Å². The van der Waals surface area contributed by atoms with Crippen molar-refractivity contribution in [3.05, 3.63) is 58.8 Å². The fourth-order valence-corrected chi connectivity index (χ4v) is 5.25. The number of carbonyl (C=O) groups is 1. The van der Waals surface area contributed by atoms with Gasteiger partial charge in [0.25, 0.3) is 0 Å². The lowest BCUT2D eigenvalue weighted by atomic mass is 9.96. The third-order valence-electron chi connectivity index (χ3n) is 7.16. The van der Waals surface area contributed by atoms with Gasteiger partial charge in [-0.2, -0.15) is 0 Å². The highest BCUT2D eigenvalue weighted by Gasteiger charge is 2.27. The maximum absolute atomic E-state index is 12.8. The second-order valence-corrected chi connectivity index (χ2v) is 10.1. The van der Waals surface area contributed by atoms with Crippen molar-refractivity contribution in [3.8, 4) is 11.3 Å². The molecular formula is C26H33ClN6O2. The smallest absolute Gasteiger partial charge is 0.223 e. The molecule has 1 amide bonds. The fraction of sp³-hybridized carbons (Fsp3) is 0.500. The number of hydrogen-bond donors (Lipinski definition) is 1. The summed E-state index contributed by atoms with van der Waals surface area (Å²) in [6, 6.07) is 11.6. The van der Waals surface area contributed by atoms with E-state index in [1.54, 1.807) is 0 Å². The Hall–Kier alpha value is -2.68. The van der Waals surface area contributed by atoms with Gasteiger partial charge in [0.2, 0.25) is 5.91 Å². The number of piperidine rings is 1. The zero-order valence-corrected chi connectivity index (χ0v) is 21.2. The molecule has 0 radical (unpaired) electrons. The van der Waals surface area contributed by atoms with Gasteiger partial charge in [-0.15, -0.1) is 10.2 Å². The Morgan fingerprint density at radius 2 is 1.91 bits per heavy atom. The molecule has 35 heavy (non-hydrogen) atoms. The molecule has 1 aromatic carbocycles. The lowest BCUT2D eigenvalue weighted by Gasteiger charge is -2.29. The van der Waals surface area contributed by atoms with Gasteiger partial charge in [-0.3, -0.25) is 9.69 Å². The Morgan fingerprint density at radius 1 is 1.11 bits per heavy atom. The van der Waals surface area contributed by atoms with Crippen LogP contribution in [0.1, 0.15) is 43.2 Å². The van der Waals surface area contributed by atoms with E-state index in [-0.39, 0.29) is 17.9 Å². The monoisotopic (exact) mass is 496 g/mol. The molecule has 1 N–H and O–H groups in total. The summed E-state index contributed by atoms with van der Waals surface area (Å²) < 4.78 is 8.29. The predicted molar refractivity (Wildman–Crippen MR) is 135 cm³/mol. The summed E-state index contributed by atoms with van der Waals surface area (Å²) in [6.45, 7) is 7.18. The first-order chi connectivity index (χ1) is 17.0. The maximum atomic E-state index is 12.8. The highest BCUT2D eigenvalue weighted by molar-refractivity contribution is 6.33. The van der Waals surface area contributed by atoms with Gasteiger partial charge >= 0.3 is 0 Å². The van der Waals surface area contributed by atoms with E-state index in [0.717, 1.165) is 87.3 Å². The number of furan rings is 1. The van der Waals surface area contributed by atoms with Crippen LogP contribution in [0.4, 0.5) is 0 Å². The third-order valence-corrected chi connectivity index (χ3v) is 7.49. The van der Waals surface area contributed by atoms with Crippen LogP contribution in [0.5, 0.6) is 0 Å². The normalized spacial score (nSPS) is 18.7. The van der Waals surface area contributed by atoms with Crippen molar-refractivity contribution in [2.75, 3.05) is 33.2 Å². The van der Waals surface area contributed by atoms with Crippen LogP contribution < -0.4 is 5.32 Å². The Labute approximate surface area is 211 Å². The van der Waals surface area contributed by atoms with Crippen LogP contribution in [-0.4, -0.2) is 63.7 Å². The van der Waals surface area contributed by atoms with Crippen LogP contribution in [0.3, 0.4) is 0 Å². The van der Waals surface area contributed by atoms with Gasteiger partial charge in [-0.05, 0) is 64.2 Å². The van der Waals surface area contributed by atoms with E-state index in [2.05, 4.69) is 36.9 Å². The van der Waals surface area contributed by atoms with Crippen molar-refractivity contribution >= 4 is 17.5 Å². The quantitative estimate of drug-likeness (QED) is 0.559. The van der Waals surface area contributed by atoms with E-state index >= 15 is 0 Å². The van der Waals surface area contributed by atoms with Crippen LogP contribution in [0.2, 0.25) is 5.02 Å². The van der Waals surface area contributed by atoms with Gasteiger partial charge in [-0.1, -0.05) is 23.7 Å². The molecule has 0 saturated carbocycles. The molecular weight excluding hydrogens is 464 g/mol. The first kappa shape index (κ1) is 24.0. The Balaban J connectivity index is 1.19. The SMILES string of the molecule is CC(NC(=O)C1CCN(C)CC1)c1nnc2n1CCN(Cc1ccc(-c3ccccc3Cl)o1)CC2. The minimum atomic E-state index is -0.168. The number of rotatable bonds is 6. The number of likely N-dealkylation sites (tertiary alicyclic amines) is 1. The van der Waals surface area contributed by atoms with E-state index < -0.39 is 0 Å². The number of fused-ring (bicyclic) bond motifs is 1. The molecule has 2 aliphatic rings. The molecule has 0 spiro atoms. The first-order valence-corrected chi connectivity index (χ1v) is 12.8. The Kier molecular flexibility index (Phi) is 7.22. The number of benzene rings is 1. The largest absolute Gasteiger partial charge is 0.460 e. The molecule has 5 rings (SSSR count). The van der Waals surface area contributed by atoms with Crippen molar-refractivity contribution in [1.29, 1.82) is 0 Å². The molecule has 1 fully saturated rings. The summed E-state index contributed by atoms with van der Waals surface area (Å²) in [4.78, 5) is 17.5. The highest BCUT2D eigenvalue weighted by atomic mass is 35.5. The van der Waals surface area contributed by atoms with Gasteiger partial charge in [-0.25, -0.2) is 0 Å². The number of carbonyl (C=O) groups excluding carboxylic acids is 1. The van der Waals surface area contributed by atoms with Crippen LogP contribution in [0.15, 0.2) is 40.8 Å². The molecule has 0 aliphatic carbocycles. The van der Waals surface area contributed by atoms with Gasteiger partial charge < -0.3 is 19.2 Å². The number of nitrogens with zero attached hydrogens (tertiary/aromatic N) is 5. The van der Waals surface area contributed by atoms with Crippen LogP contribution in [0.25, 0.3) is 11.3 Å². The standard InChI is InChI=1S/C26H33ClN6O2/c1-18(28-26(34)19-9-12-31(2)13-10-19)25-30-29-24-11-14-32(15-16-33(24)25)17-20-7-8-23(35-20)21-5-3-4-6-22(21)27/h3-8,18-19H,9-17H2,1-2H3,(H,28,34). The van der Waals surface area contributed by atoms with Crippen LogP contribution in [0, 0.1) is 5.92 Å². The van der Waals surface area contributed by atoms with Crippen molar-refractivity contribution in [2.24, 2.45) is 5.92 Å². The van der Waals surface area contributed by atoms with Gasteiger partial charge in [0.15, 0.2) is 5.82 Å². The molecule has 0 bridgehead atoms. The summed E-state index contributed by atoms with van der Waals surface area (Å²) in [5.74, 6) is 3.72. The van der Waals surface area contributed by atoms with Crippen LogP contribution in [-0.2, 0) is 24.3 Å².